The Bertz CT molecular complexity index is 1100. The summed E-state index contributed by atoms with van der Waals surface area (Å²) < 4.78 is 8.68. The van der Waals surface area contributed by atoms with E-state index < -0.39 is 12.0 Å². The molecule has 0 saturated heterocycles. The molecule has 29 heavy (non-hydrogen) atoms. The third-order valence-corrected chi connectivity index (χ3v) is 5.22. The summed E-state index contributed by atoms with van der Waals surface area (Å²) in [6, 6.07) is 14.1. The predicted molar refractivity (Wildman–Crippen MR) is 114 cm³/mol. The van der Waals surface area contributed by atoms with Gasteiger partial charge in [-0.15, -0.1) is 0 Å². The number of amides is 1. The monoisotopic (exact) mass is 459 g/mol. The number of carbonyl (C=O) groups excluding carboxylic acids is 2. The number of ether oxygens (including phenoxy) is 1. The van der Waals surface area contributed by atoms with Gasteiger partial charge >= 0.3 is 11.7 Å². The van der Waals surface area contributed by atoms with Gasteiger partial charge in [-0.1, -0.05) is 40.2 Å². The molecule has 1 unspecified atom stereocenters. The number of hydrogen-bond acceptors (Lipinski definition) is 4. The Labute approximate surface area is 176 Å². The van der Waals surface area contributed by atoms with Crippen molar-refractivity contribution in [2.75, 3.05) is 7.11 Å². The number of esters is 1. The van der Waals surface area contributed by atoms with Crippen molar-refractivity contribution in [1.82, 2.24) is 14.5 Å². The fraction of sp³-hybridized carbons (Fsp3) is 0.286. The first kappa shape index (κ1) is 20.9. The van der Waals surface area contributed by atoms with Crippen LogP contribution in [0.25, 0.3) is 11.0 Å². The number of fused-ring (bicyclic) bond motifs is 1. The molecule has 0 spiro atoms. The van der Waals surface area contributed by atoms with Crippen LogP contribution in [0.3, 0.4) is 0 Å². The van der Waals surface area contributed by atoms with Gasteiger partial charge in [0, 0.05) is 11.0 Å². The molecular formula is C21H22BrN3O4. The Morgan fingerprint density at radius 3 is 2.41 bits per heavy atom. The van der Waals surface area contributed by atoms with E-state index in [-0.39, 0.29) is 24.6 Å². The van der Waals surface area contributed by atoms with E-state index >= 15 is 0 Å². The molecule has 1 amide bonds. The van der Waals surface area contributed by atoms with Crippen LogP contribution in [0.1, 0.15) is 24.9 Å². The maximum atomic E-state index is 12.8. The predicted octanol–water partition coefficient (Wildman–Crippen LogP) is 3.01. The molecule has 3 rings (SSSR count). The number of methoxy groups -OCH3 is 1. The van der Waals surface area contributed by atoms with E-state index in [1.165, 1.54) is 11.7 Å². The molecular weight excluding hydrogens is 438 g/mol. The van der Waals surface area contributed by atoms with Crippen molar-refractivity contribution in [3.05, 3.63) is 69.1 Å². The highest BCUT2D eigenvalue weighted by atomic mass is 79.9. The molecule has 152 valence electrons. The van der Waals surface area contributed by atoms with Crippen molar-refractivity contribution >= 4 is 38.8 Å². The number of aryl methyl sites for hydroxylation is 1. The van der Waals surface area contributed by atoms with E-state index in [0.717, 1.165) is 15.6 Å². The van der Waals surface area contributed by atoms with Gasteiger partial charge in [0.15, 0.2) is 0 Å². The Kier molecular flexibility index (Phi) is 6.53. The smallest absolute Gasteiger partial charge is 0.329 e. The van der Waals surface area contributed by atoms with Crippen molar-refractivity contribution in [3.8, 4) is 0 Å². The fourth-order valence-electron chi connectivity index (χ4n) is 3.34. The third-order valence-electron chi connectivity index (χ3n) is 4.73. The summed E-state index contributed by atoms with van der Waals surface area (Å²) in [5.41, 5.74) is 2.00. The van der Waals surface area contributed by atoms with Gasteiger partial charge in [-0.25, -0.2) is 4.79 Å². The first-order valence-corrected chi connectivity index (χ1v) is 10.0. The molecule has 0 aliphatic heterocycles. The number of imidazole rings is 1. The Morgan fingerprint density at radius 2 is 1.79 bits per heavy atom. The van der Waals surface area contributed by atoms with Crippen molar-refractivity contribution in [1.29, 1.82) is 0 Å². The second-order valence-corrected chi connectivity index (χ2v) is 7.47. The molecule has 0 saturated carbocycles. The van der Waals surface area contributed by atoms with Crippen molar-refractivity contribution in [2.24, 2.45) is 0 Å². The molecule has 0 aliphatic carbocycles. The number of aromatic nitrogens is 2. The van der Waals surface area contributed by atoms with Gasteiger partial charge in [-0.2, -0.15) is 0 Å². The van der Waals surface area contributed by atoms with Crippen molar-refractivity contribution < 1.29 is 14.3 Å². The van der Waals surface area contributed by atoms with Crippen molar-refractivity contribution in [2.45, 2.75) is 32.5 Å². The number of benzene rings is 2. The minimum atomic E-state index is -0.567. The standard InChI is InChI=1S/C21H22BrN3O4/c1-3-24-17-9-4-5-10-18(17)25(21(24)28)13-19(26)23-16(12-20(27)29-2)14-7-6-8-15(22)11-14/h4-11,16H,3,12-13H2,1-2H3,(H,23,26). The average Bonchev–Trinajstić information content (AvgIpc) is 2.98. The molecule has 0 bridgehead atoms. The van der Waals surface area contributed by atoms with Gasteiger partial charge < -0.3 is 10.1 Å². The van der Waals surface area contributed by atoms with E-state index in [0.29, 0.717) is 12.1 Å². The van der Waals surface area contributed by atoms with Crippen LogP contribution < -0.4 is 11.0 Å². The molecule has 0 radical (unpaired) electrons. The number of rotatable bonds is 7. The van der Waals surface area contributed by atoms with Gasteiger partial charge in [0.25, 0.3) is 0 Å². The summed E-state index contributed by atoms with van der Waals surface area (Å²) in [5.74, 6) is -0.796. The summed E-state index contributed by atoms with van der Waals surface area (Å²) in [6.45, 7) is 2.26. The zero-order valence-electron chi connectivity index (χ0n) is 16.2. The lowest BCUT2D eigenvalue weighted by Crippen LogP contribution is -2.36. The van der Waals surface area contributed by atoms with Gasteiger partial charge in [0.2, 0.25) is 5.91 Å². The van der Waals surface area contributed by atoms with Gasteiger partial charge in [0.1, 0.15) is 6.54 Å². The summed E-state index contributed by atoms with van der Waals surface area (Å²) in [5, 5.41) is 2.86. The molecule has 1 heterocycles. The normalized spacial score (nSPS) is 12.0. The lowest BCUT2D eigenvalue weighted by molar-refractivity contribution is -0.141. The Morgan fingerprint density at radius 1 is 1.10 bits per heavy atom. The Balaban J connectivity index is 1.88. The van der Waals surface area contributed by atoms with Gasteiger partial charge in [0.05, 0.1) is 30.6 Å². The Hall–Kier alpha value is -2.87. The van der Waals surface area contributed by atoms with Gasteiger partial charge in [-0.05, 0) is 36.8 Å². The second-order valence-electron chi connectivity index (χ2n) is 6.56. The first-order chi connectivity index (χ1) is 13.9. The summed E-state index contributed by atoms with van der Waals surface area (Å²) >= 11 is 3.40. The minimum absolute atomic E-state index is 0.00961. The van der Waals surface area contributed by atoms with E-state index in [2.05, 4.69) is 21.2 Å². The van der Waals surface area contributed by atoms with Gasteiger partial charge in [-0.3, -0.25) is 18.7 Å². The highest BCUT2D eigenvalue weighted by Crippen LogP contribution is 2.21. The van der Waals surface area contributed by atoms with Crippen LogP contribution in [-0.2, 0) is 27.4 Å². The van der Waals surface area contributed by atoms with Crippen LogP contribution >= 0.6 is 15.9 Å². The molecule has 8 heteroatoms. The summed E-state index contributed by atoms with van der Waals surface area (Å²) in [6.07, 6.45) is -0.00961. The molecule has 2 aromatic carbocycles. The molecule has 1 atom stereocenters. The van der Waals surface area contributed by atoms with E-state index in [4.69, 9.17) is 4.74 Å². The SMILES string of the molecule is CCn1c(=O)n(CC(=O)NC(CC(=O)OC)c2cccc(Br)c2)c2ccccc21. The molecule has 1 N–H and O–H groups in total. The van der Waals surface area contributed by atoms with Crippen LogP contribution in [-0.4, -0.2) is 28.1 Å². The fourth-order valence-corrected chi connectivity index (χ4v) is 3.76. The largest absolute Gasteiger partial charge is 0.469 e. The number of para-hydroxylation sites is 2. The van der Waals surface area contributed by atoms with E-state index in [9.17, 15) is 14.4 Å². The molecule has 0 fully saturated rings. The molecule has 7 nitrogen and oxygen atoms in total. The van der Waals surface area contributed by atoms with E-state index in [1.54, 1.807) is 4.57 Å². The van der Waals surface area contributed by atoms with Crippen molar-refractivity contribution in [3.63, 3.8) is 0 Å². The highest BCUT2D eigenvalue weighted by Gasteiger charge is 2.21. The molecule has 3 aromatic rings. The topological polar surface area (TPSA) is 82.3 Å². The zero-order chi connectivity index (χ0) is 21.0. The summed E-state index contributed by atoms with van der Waals surface area (Å²) in [7, 11) is 1.31. The minimum Gasteiger partial charge on any atom is -0.469 e. The third kappa shape index (κ3) is 4.59. The second kappa shape index (κ2) is 9.09. The molecule has 0 aliphatic rings. The van der Waals surface area contributed by atoms with Crippen LogP contribution in [0.15, 0.2) is 57.8 Å². The van der Waals surface area contributed by atoms with Crippen LogP contribution in [0.4, 0.5) is 0 Å². The number of halogens is 1. The molecule has 1 aromatic heterocycles. The van der Waals surface area contributed by atoms with Crippen LogP contribution in [0, 0.1) is 0 Å². The van der Waals surface area contributed by atoms with E-state index in [1.807, 2.05) is 55.5 Å². The maximum Gasteiger partial charge on any atom is 0.329 e. The number of nitrogens with zero attached hydrogens (tertiary/aromatic N) is 2. The first-order valence-electron chi connectivity index (χ1n) is 9.24. The average molecular weight is 460 g/mol. The number of carbonyl (C=O) groups is 2. The number of hydrogen-bond donors (Lipinski definition) is 1. The maximum absolute atomic E-state index is 12.8. The van der Waals surface area contributed by atoms with Crippen LogP contribution in [0.5, 0.6) is 0 Å². The zero-order valence-corrected chi connectivity index (χ0v) is 17.8. The van der Waals surface area contributed by atoms with Crippen LogP contribution in [0.2, 0.25) is 0 Å². The quantitative estimate of drug-likeness (QED) is 0.550. The lowest BCUT2D eigenvalue weighted by atomic mass is 10.0. The summed E-state index contributed by atoms with van der Waals surface area (Å²) in [4.78, 5) is 37.4. The highest BCUT2D eigenvalue weighted by molar-refractivity contribution is 9.10. The number of nitrogens with one attached hydrogen (secondary N) is 1. The lowest BCUT2D eigenvalue weighted by Gasteiger charge is -2.19.